The Bertz CT molecular complexity index is 527. The molecule has 0 aromatic heterocycles. The van der Waals surface area contributed by atoms with Gasteiger partial charge in [0.05, 0.1) is 18.6 Å². The Morgan fingerprint density at radius 1 is 1.39 bits per heavy atom. The van der Waals surface area contributed by atoms with Gasteiger partial charge in [-0.05, 0) is 25.1 Å². The molecule has 0 fully saturated rings. The standard InChI is InChI=1S/C13H14N2O3/c1-2-18-13(17)10-8-9(6-7-11(10)14)4-3-5-12(15)16/h6-8H,2,5,14H2,1H3,(H2,15,16). The minimum atomic E-state index is -0.497. The second kappa shape index (κ2) is 6.30. The number of ether oxygens (including phenoxy) is 1. The fraction of sp³-hybridized carbons (Fsp3) is 0.231. The molecule has 0 aliphatic rings. The van der Waals surface area contributed by atoms with Crippen LogP contribution in [0.3, 0.4) is 0 Å². The lowest BCUT2D eigenvalue weighted by Gasteiger charge is -2.05. The van der Waals surface area contributed by atoms with Gasteiger partial charge in [-0.25, -0.2) is 4.79 Å². The lowest BCUT2D eigenvalue weighted by atomic mass is 10.1. The summed E-state index contributed by atoms with van der Waals surface area (Å²) in [5.41, 5.74) is 11.8. The summed E-state index contributed by atoms with van der Waals surface area (Å²) in [5.74, 6) is 4.34. The van der Waals surface area contributed by atoms with Gasteiger partial charge in [0.15, 0.2) is 0 Å². The van der Waals surface area contributed by atoms with E-state index in [1.807, 2.05) is 0 Å². The molecule has 18 heavy (non-hydrogen) atoms. The van der Waals surface area contributed by atoms with Gasteiger partial charge < -0.3 is 16.2 Å². The summed E-state index contributed by atoms with van der Waals surface area (Å²) in [6.45, 7) is 1.99. The molecule has 0 heterocycles. The zero-order valence-electron chi connectivity index (χ0n) is 10.0. The molecular formula is C13H14N2O3. The topological polar surface area (TPSA) is 95.4 Å². The zero-order valence-corrected chi connectivity index (χ0v) is 10.0. The first-order valence-electron chi connectivity index (χ1n) is 5.38. The monoisotopic (exact) mass is 246 g/mol. The van der Waals surface area contributed by atoms with Crippen LogP contribution in [0.15, 0.2) is 18.2 Å². The Hall–Kier alpha value is -2.48. The second-order valence-electron chi connectivity index (χ2n) is 3.47. The molecule has 5 heteroatoms. The Balaban J connectivity index is 2.95. The fourth-order valence-corrected chi connectivity index (χ4v) is 1.25. The number of hydrogen-bond acceptors (Lipinski definition) is 4. The van der Waals surface area contributed by atoms with E-state index in [0.29, 0.717) is 11.3 Å². The number of anilines is 1. The van der Waals surface area contributed by atoms with Gasteiger partial charge in [-0.15, -0.1) is 0 Å². The summed E-state index contributed by atoms with van der Waals surface area (Å²) in [7, 11) is 0. The van der Waals surface area contributed by atoms with Gasteiger partial charge in [0.25, 0.3) is 0 Å². The highest BCUT2D eigenvalue weighted by Crippen LogP contribution is 2.15. The molecule has 0 saturated heterocycles. The van der Waals surface area contributed by atoms with E-state index in [1.165, 1.54) is 6.07 Å². The first kappa shape index (κ1) is 13.6. The van der Waals surface area contributed by atoms with Crippen molar-refractivity contribution < 1.29 is 14.3 Å². The zero-order chi connectivity index (χ0) is 13.5. The van der Waals surface area contributed by atoms with E-state index >= 15 is 0 Å². The van der Waals surface area contributed by atoms with Crippen molar-refractivity contribution >= 4 is 17.6 Å². The molecule has 0 spiro atoms. The molecule has 0 aliphatic heterocycles. The number of esters is 1. The number of hydrogen-bond donors (Lipinski definition) is 2. The summed E-state index contributed by atoms with van der Waals surface area (Å²) < 4.78 is 4.87. The number of primary amides is 1. The molecule has 0 aliphatic carbocycles. The summed E-state index contributed by atoms with van der Waals surface area (Å²) in [6, 6.07) is 4.76. The summed E-state index contributed by atoms with van der Waals surface area (Å²) in [5, 5.41) is 0. The summed E-state index contributed by atoms with van der Waals surface area (Å²) in [4.78, 5) is 22.1. The van der Waals surface area contributed by atoms with Crippen LogP contribution in [0.5, 0.6) is 0 Å². The van der Waals surface area contributed by atoms with E-state index in [1.54, 1.807) is 19.1 Å². The molecular weight excluding hydrogens is 232 g/mol. The molecule has 1 aromatic rings. The van der Waals surface area contributed by atoms with Crippen molar-refractivity contribution in [1.29, 1.82) is 0 Å². The highest BCUT2D eigenvalue weighted by molar-refractivity contribution is 5.95. The van der Waals surface area contributed by atoms with Crippen LogP contribution < -0.4 is 11.5 Å². The molecule has 94 valence electrons. The number of nitrogens with two attached hydrogens (primary N) is 2. The molecule has 5 nitrogen and oxygen atoms in total. The molecule has 1 amide bonds. The Morgan fingerprint density at radius 3 is 2.72 bits per heavy atom. The van der Waals surface area contributed by atoms with Crippen LogP contribution >= 0.6 is 0 Å². The third-order valence-corrected chi connectivity index (χ3v) is 2.04. The molecule has 0 saturated carbocycles. The highest BCUT2D eigenvalue weighted by Gasteiger charge is 2.10. The molecule has 1 rings (SSSR count). The van der Waals surface area contributed by atoms with Gasteiger partial charge >= 0.3 is 5.97 Å². The Labute approximate surface area is 105 Å². The van der Waals surface area contributed by atoms with Gasteiger partial charge in [0.1, 0.15) is 0 Å². The van der Waals surface area contributed by atoms with E-state index < -0.39 is 11.9 Å². The minimum absolute atomic E-state index is 0.0287. The quantitative estimate of drug-likeness (QED) is 0.465. The van der Waals surface area contributed by atoms with Crippen molar-refractivity contribution in [1.82, 2.24) is 0 Å². The molecule has 0 radical (unpaired) electrons. The predicted octanol–water partition coefficient (Wildman–Crippen LogP) is 0.672. The summed E-state index contributed by atoms with van der Waals surface area (Å²) >= 11 is 0. The van der Waals surface area contributed by atoms with Crippen molar-refractivity contribution in [3.8, 4) is 11.8 Å². The number of benzene rings is 1. The van der Waals surface area contributed by atoms with E-state index in [9.17, 15) is 9.59 Å². The number of rotatable bonds is 3. The maximum atomic E-state index is 11.6. The molecule has 0 atom stereocenters. The molecule has 1 aromatic carbocycles. The molecule has 4 N–H and O–H groups in total. The van der Waals surface area contributed by atoms with Gasteiger partial charge in [-0.2, -0.15) is 0 Å². The van der Waals surface area contributed by atoms with Crippen molar-refractivity contribution in [2.75, 3.05) is 12.3 Å². The van der Waals surface area contributed by atoms with Crippen molar-refractivity contribution in [3.05, 3.63) is 29.3 Å². The number of nitrogen functional groups attached to an aromatic ring is 1. The highest BCUT2D eigenvalue weighted by atomic mass is 16.5. The number of carbonyl (C=O) groups excluding carboxylic acids is 2. The number of carbonyl (C=O) groups is 2. The van der Waals surface area contributed by atoms with Crippen molar-refractivity contribution in [3.63, 3.8) is 0 Å². The van der Waals surface area contributed by atoms with Crippen LogP contribution in [0.2, 0.25) is 0 Å². The van der Waals surface area contributed by atoms with Crippen LogP contribution in [-0.2, 0) is 9.53 Å². The minimum Gasteiger partial charge on any atom is -0.462 e. The molecule has 0 bridgehead atoms. The average molecular weight is 246 g/mol. The van der Waals surface area contributed by atoms with Crippen LogP contribution in [-0.4, -0.2) is 18.5 Å². The maximum Gasteiger partial charge on any atom is 0.340 e. The van der Waals surface area contributed by atoms with Crippen LogP contribution in [0.4, 0.5) is 5.69 Å². The van der Waals surface area contributed by atoms with Crippen LogP contribution in [0.25, 0.3) is 0 Å². The average Bonchev–Trinajstić information content (AvgIpc) is 2.31. The Morgan fingerprint density at radius 2 is 2.11 bits per heavy atom. The maximum absolute atomic E-state index is 11.6. The van der Waals surface area contributed by atoms with E-state index in [-0.39, 0.29) is 18.6 Å². The summed E-state index contributed by atoms with van der Waals surface area (Å²) in [6.07, 6.45) is -0.0287. The van der Waals surface area contributed by atoms with Crippen molar-refractivity contribution in [2.45, 2.75) is 13.3 Å². The largest absolute Gasteiger partial charge is 0.462 e. The second-order valence-corrected chi connectivity index (χ2v) is 3.47. The van der Waals surface area contributed by atoms with Gasteiger partial charge in [0.2, 0.25) is 5.91 Å². The molecule has 0 unspecified atom stereocenters. The smallest absolute Gasteiger partial charge is 0.340 e. The predicted molar refractivity (Wildman–Crippen MR) is 67.5 cm³/mol. The third kappa shape index (κ3) is 3.83. The van der Waals surface area contributed by atoms with E-state index in [2.05, 4.69) is 11.8 Å². The van der Waals surface area contributed by atoms with E-state index in [4.69, 9.17) is 16.2 Å². The lowest BCUT2D eigenvalue weighted by Crippen LogP contribution is -2.09. The van der Waals surface area contributed by atoms with Gasteiger partial charge in [0, 0.05) is 11.3 Å². The normalized spacial score (nSPS) is 9.17. The Kier molecular flexibility index (Phi) is 4.76. The van der Waals surface area contributed by atoms with Crippen LogP contribution in [0, 0.1) is 11.8 Å². The van der Waals surface area contributed by atoms with Crippen LogP contribution in [0.1, 0.15) is 29.3 Å². The number of amides is 1. The SMILES string of the molecule is CCOC(=O)c1cc(C#CCC(N)=O)ccc1N. The lowest BCUT2D eigenvalue weighted by molar-refractivity contribution is -0.117. The first-order valence-corrected chi connectivity index (χ1v) is 5.38. The third-order valence-electron chi connectivity index (χ3n) is 2.04. The van der Waals surface area contributed by atoms with E-state index in [0.717, 1.165) is 0 Å². The fourth-order valence-electron chi connectivity index (χ4n) is 1.25. The van der Waals surface area contributed by atoms with Gasteiger partial charge in [-0.3, -0.25) is 4.79 Å². The van der Waals surface area contributed by atoms with Gasteiger partial charge in [-0.1, -0.05) is 11.8 Å². The first-order chi connectivity index (χ1) is 8.54. The van der Waals surface area contributed by atoms with Crippen molar-refractivity contribution in [2.24, 2.45) is 5.73 Å².